The van der Waals surface area contributed by atoms with Crippen molar-refractivity contribution in [1.82, 2.24) is 30.5 Å². The van der Waals surface area contributed by atoms with Crippen LogP contribution in [0.3, 0.4) is 0 Å². The number of nitrogens with zero attached hydrogens (tertiary/aromatic N) is 4. The number of carbonyl (C=O) groups excluding carboxylic acids is 1. The molecule has 2 fully saturated rings. The van der Waals surface area contributed by atoms with Crippen LogP contribution in [0.1, 0.15) is 42.5 Å². The summed E-state index contributed by atoms with van der Waals surface area (Å²) in [5, 5.41) is 21.2. The molecule has 0 unspecified atom stereocenters. The molecule has 5 heterocycles. The highest BCUT2D eigenvalue weighted by Gasteiger charge is 2.28. The van der Waals surface area contributed by atoms with E-state index in [1.807, 2.05) is 48.5 Å². The van der Waals surface area contributed by atoms with Gasteiger partial charge in [-0.1, -0.05) is 66.5 Å². The van der Waals surface area contributed by atoms with Gasteiger partial charge in [-0.3, -0.25) is 19.5 Å². The zero-order valence-electron chi connectivity index (χ0n) is 27.5. The minimum Gasteiger partial charge on any atom is -0.481 e. The molecular weight excluding hydrogens is 693 g/mol. The second kappa shape index (κ2) is 15.0. The van der Waals surface area contributed by atoms with Crippen molar-refractivity contribution >= 4 is 68.1 Å². The standard InChI is InChI=1S/C37H37Cl2N7O3S/c1-2-27-21(17-40-18-23-10-12-31(47)42-23)9-11-28(43-27)26-7-3-5-24(33(26)38)25-6-4-8-29(34(25)39)44-36-35-30(13-15-41-36)50-32(45-35)20-46-16-14-22(19-46)37(48)49/h3-9,11,13,15,22-23,40H,2,10,12,14,16-20H2,1H3,(H,41,44)(H,42,47)(H,48,49)/t22-,23-/m0/s1. The molecule has 2 saturated heterocycles. The Bertz CT molecular complexity index is 2070. The van der Waals surface area contributed by atoms with Crippen molar-refractivity contribution in [2.45, 2.75) is 51.7 Å². The third-order valence-electron chi connectivity index (χ3n) is 9.34. The maximum absolute atomic E-state index is 11.5. The zero-order valence-corrected chi connectivity index (χ0v) is 29.8. The van der Waals surface area contributed by atoms with Crippen LogP contribution in [0.5, 0.6) is 0 Å². The topological polar surface area (TPSA) is 132 Å². The summed E-state index contributed by atoms with van der Waals surface area (Å²) in [6, 6.07) is 17.9. The summed E-state index contributed by atoms with van der Waals surface area (Å²) in [5.74, 6) is -0.362. The summed E-state index contributed by atoms with van der Waals surface area (Å²) in [6.45, 7) is 5.36. The number of nitrogens with one attached hydrogen (secondary N) is 3. The number of rotatable bonds is 12. The Morgan fingerprint density at radius 3 is 2.60 bits per heavy atom. The number of carbonyl (C=O) groups is 2. The molecule has 0 aliphatic carbocycles. The van der Waals surface area contributed by atoms with Gasteiger partial charge in [0.15, 0.2) is 5.82 Å². The average Bonchev–Trinajstić information content (AvgIpc) is 3.86. The van der Waals surface area contributed by atoms with E-state index in [2.05, 4.69) is 38.8 Å². The lowest BCUT2D eigenvalue weighted by atomic mass is 9.99. The molecule has 1 amide bonds. The number of thiazole rings is 1. The molecule has 0 spiro atoms. The van der Waals surface area contributed by atoms with Crippen LogP contribution in [0, 0.1) is 5.92 Å². The lowest BCUT2D eigenvalue weighted by Crippen LogP contribution is -2.35. The fourth-order valence-electron chi connectivity index (χ4n) is 6.69. The van der Waals surface area contributed by atoms with Gasteiger partial charge >= 0.3 is 5.97 Å². The largest absolute Gasteiger partial charge is 0.481 e. The normalized spacial score (nSPS) is 17.8. The first-order valence-electron chi connectivity index (χ1n) is 16.8. The van der Waals surface area contributed by atoms with Crippen LogP contribution in [0.25, 0.3) is 32.6 Å². The molecule has 0 radical (unpaired) electrons. The van der Waals surface area contributed by atoms with Gasteiger partial charge in [0.2, 0.25) is 5.91 Å². The predicted octanol–water partition coefficient (Wildman–Crippen LogP) is 7.31. The van der Waals surface area contributed by atoms with Gasteiger partial charge in [0, 0.05) is 60.7 Å². The SMILES string of the molecule is CCc1nc(-c2cccc(-c3cccc(Nc4nccc5sc(CN6CC[C@H](C(=O)O)C6)nc45)c3Cl)c2Cl)ccc1CNC[C@@H]1CCC(=O)N1. The molecule has 2 aliphatic rings. The number of anilines is 2. The average molecular weight is 731 g/mol. The number of aromatic nitrogens is 3. The highest BCUT2D eigenvalue weighted by atomic mass is 35.5. The maximum atomic E-state index is 11.5. The first kappa shape index (κ1) is 34.3. The number of halogens is 2. The van der Waals surface area contributed by atoms with E-state index in [1.165, 1.54) is 0 Å². The van der Waals surface area contributed by atoms with E-state index in [0.29, 0.717) is 54.0 Å². The molecule has 0 saturated carbocycles. The van der Waals surface area contributed by atoms with E-state index in [9.17, 15) is 14.7 Å². The molecule has 13 heteroatoms. The number of carboxylic acid groups (broad SMARTS) is 1. The number of likely N-dealkylation sites (tertiary alicyclic amines) is 1. The van der Waals surface area contributed by atoms with Crippen LogP contribution in [-0.4, -0.2) is 62.5 Å². The quantitative estimate of drug-likeness (QED) is 0.104. The monoisotopic (exact) mass is 729 g/mol. The van der Waals surface area contributed by atoms with Crippen LogP contribution in [0.15, 0.2) is 60.8 Å². The molecule has 5 aromatic rings. The molecular formula is C37H37Cl2N7O3S. The Morgan fingerprint density at radius 1 is 1.04 bits per heavy atom. The van der Waals surface area contributed by atoms with E-state index in [-0.39, 0.29) is 17.9 Å². The van der Waals surface area contributed by atoms with E-state index < -0.39 is 5.97 Å². The van der Waals surface area contributed by atoms with Crippen LogP contribution in [0.2, 0.25) is 10.0 Å². The van der Waals surface area contributed by atoms with Crippen molar-refractivity contribution in [2.75, 3.05) is 25.0 Å². The second-order valence-electron chi connectivity index (χ2n) is 12.7. The van der Waals surface area contributed by atoms with E-state index in [4.69, 9.17) is 33.2 Å². The number of fused-ring (bicyclic) bond motifs is 1. The minimum atomic E-state index is -0.742. The molecule has 2 aliphatic heterocycles. The van der Waals surface area contributed by atoms with Crippen molar-refractivity contribution in [3.8, 4) is 22.4 Å². The van der Waals surface area contributed by atoms with Gasteiger partial charge in [-0.2, -0.15) is 0 Å². The lowest BCUT2D eigenvalue weighted by molar-refractivity contribution is -0.141. The number of amides is 1. The summed E-state index contributed by atoms with van der Waals surface area (Å²) in [4.78, 5) is 39.6. The number of hydrogen-bond acceptors (Lipinski definition) is 9. The van der Waals surface area contributed by atoms with Gasteiger partial charge in [0.1, 0.15) is 10.5 Å². The smallest absolute Gasteiger partial charge is 0.307 e. The Labute approximate surface area is 304 Å². The maximum Gasteiger partial charge on any atom is 0.307 e. The lowest BCUT2D eigenvalue weighted by Gasteiger charge is -2.16. The third-order valence-corrected chi connectivity index (χ3v) is 11.2. The summed E-state index contributed by atoms with van der Waals surface area (Å²) < 4.78 is 0.984. The molecule has 10 nitrogen and oxygen atoms in total. The molecule has 7 rings (SSSR count). The fourth-order valence-corrected chi connectivity index (χ4v) is 8.30. The second-order valence-corrected chi connectivity index (χ2v) is 14.6. The van der Waals surface area contributed by atoms with Crippen molar-refractivity contribution in [3.05, 3.63) is 87.1 Å². The Kier molecular flexibility index (Phi) is 10.3. The molecule has 4 N–H and O–H groups in total. The van der Waals surface area contributed by atoms with Crippen molar-refractivity contribution in [1.29, 1.82) is 0 Å². The number of pyridine rings is 2. The molecule has 50 heavy (non-hydrogen) atoms. The number of benzene rings is 2. The molecule has 2 atom stereocenters. The third kappa shape index (κ3) is 7.33. The van der Waals surface area contributed by atoms with Gasteiger partial charge in [-0.05, 0) is 49.6 Å². The molecule has 2 aromatic carbocycles. The van der Waals surface area contributed by atoms with Crippen LogP contribution >= 0.6 is 34.5 Å². The molecule has 258 valence electrons. The van der Waals surface area contributed by atoms with Crippen molar-refractivity contribution < 1.29 is 14.7 Å². The summed E-state index contributed by atoms with van der Waals surface area (Å²) in [6.07, 6.45) is 4.62. The number of hydrogen-bond donors (Lipinski definition) is 4. The van der Waals surface area contributed by atoms with Crippen LogP contribution in [-0.2, 0) is 29.1 Å². The van der Waals surface area contributed by atoms with Gasteiger partial charge in [-0.25, -0.2) is 9.97 Å². The zero-order chi connectivity index (χ0) is 34.8. The van der Waals surface area contributed by atoms with Gasteiger partial charge in [-0.15, -0.1) is 11.3 Å². The Morgan fingerprint density at radius 2 is 1.84 bits per heavy atom. The van der Waals surface area contributed by atoms with Crippen molar-refractivity contribution in [2.24, 2.45) is 5.92 Å². The minimum absolute atomic E-state index is 0.119. The number of aryl methyl sites for hydroxylation is 1. The van der Waals surface area contributed by atoms with Gasteiger partial charge in [0.25, 0.3) is 0 Å². The summed E-state index contributed by atoms with van der Waals surface area (Å²) in [5.41, 5.74) is 6.68. The summed E-state index contributed by atoms with van der Waals surface area (Å²) in [7, 11) is 0. The van der Waals surface area contributed by atoms with Crippen molar-refractivity contribution in [3.63, 3.8) is 0 Å². The van der Waals surface area contributed by atoms with Crippen LogP contribution in [0.4, 0.5) is 11.5 Å². The Balaban J connectivity index is 1.10. The predicted molar refractivity (Wildman–Crippen MR) is 199 cm³/mol. The van der Waals surface area contributed by atoms with E-state index in [0.717, 1.165) is 74.8 Å². The van der Waals surface area contributed by atoms with E-state index >= 15 is 0 Å². The number of aliphatic carboxylic acids is 1. The highest BCUT2D eigenvalue weighted by molar-refractivity contribution is 7.18. The molecule has 3 aromatic heterocycles. The van der Waals surface area contributed by atoms with Gasteiger partial charge in [0.05, 0.1) is 38.6 Å². The Hall–Kier alpha value is -4.13. The van der Waals surface area contributed by atoms with Gasteiger partial charge < -0.3 is 21.1 Å². The number of carboxylic acids is 1. The van der Waals surface area contributed by atoms with Crippen LogP contribution < -0.4 is 16.0 Å². The fraction of sp³-hybridized carbons (Fsp3) is 0.324. The molecule has 0 bridgehead atoms. The first-order valence-corrected chi connectivity index (χ1v) is 18.4. The first-order chi connectivity index (χ1) is 24.3. The summed E-state index contributed by atoms with van der Waals surface area (Å²) >= 11 is 15.8. The highest BCUT2D eigenvalue weighted by Crippen LogP contribution is 2.42. The van der Waals surface area contributed by atoms with E-state index in [1.54, 1.807) is 17.5 Å².